The van der Waals surface area contributed by atoms with E-state index in [4.69, 9.17) is 8.83 Å². The number of aromatic nitrogens is 2. The van der Waals surface area contributed by atoms with Gasteiger partial charge in [0.1, 0.15) is 22.9 Å². The molecule has 6 aromatic rings. The van der Waals surface area contributed by atoms with E-state index in [1.165, 1.54) is 0 Å². The molecule has 0 radical (unpaired) electrons. The van der Waals surface area contributed by atoms with Crippen LogP contribution < -0.4 is 10.6 Å². The summed E-state index contributed by atoms with van der Waals surface area (Å²) < 4.78 is 11.5. The Balaban J connectivity index is 1.21. The third-order valence-electron chi connectivity index (χ3n) is 6.85. The summed E-state index contributed by atoms with van der Waals surface area (Å²) in [5.74, 6) is 2.18. The Morgan fingerprint density at radius 2 is 1.20 bits per heavy atom. The molecule has 8 heteroatoms. The summed E-state index contributed by atoms with van der Waals surface area (Å²) in [6, 6.07) is 25.5. The van der Waals surface area contributed by atoms with E-state index in [1.54, 1.807) is 12.1 Å². The lowest BCUT2D eigenvalue weighted by atomic mass is 10.1. The van der Waals surface area contributed by atoms with Crippen molar-refractivity contribution in [2.24, 2.45) is 0 Å². The van der Waals surface area contributed by atoms with Crippen LogP contribution in [-0.4, -0.2) is 34.4 Å². The van der Waals surface area contributed by atoms with Gasteiger partial charge in [0.15, 0.2) is 11.5 Å². The molecular weight excluding hydrogens is 516 g/mol. The topological polar surface area (TPSA) is 110 Å². The highest BCUT2D eigenvalue weighted by molar-refractivity contribution is 6.08. The van der Waals surface area contributed by atoms with Crippen molar-refractivity contribution in [1.82, 2.24) is 20.6 Å². The molecule has 0 bridgehead atoms. The fourth-order valence-corrected chi connectivity index (χ4v) is 4.82. The molecule has 6 rings (SSSR count). The van der Waals surface area contributed by atoms with Gasteiger partial charge in [-0.15, -0.1) is 0 Å². The average molecular weight is 545 g/mol. The van der Waals surface area contributed by atoms with Crippen molar-refractivity contribution in [3.05, 3.63) is 108 Å². The lowest BCUT2D eigenvalue weighted by Gasteiger charge is -2.17. The van der Waals surface area contributed by atoms with Crippen LogP contribution >= 0.6 is 0 Å². The molecule has 8 nitrogen and oxygen atoms in total. The number of pyridine rings is 2. The fourth-order valence-electron chi connectivity index (χ4n) is 4.82. The summed E-state index contributed by atoms with van der Waals surface area (Å²) in [7, 11) is 0. The van der Waals surface area contributed by atoms with Crippen LogP contribution in [0.25, 0.3) is 44.7 Å². The first kappa shape index (κ1) is 26.0. The molecule has 1 unspecified atom stereocenters. The van der Waals surface area contributed by atoms with Gasteiger partial charge in [-0.3, -0.25) is 9.59 Å². The van der Waals surface area contributed by atoms with E-state index in [-0.39, 0.29) is 24.4 Å². The van der Waals surface area contributed by atoms with Crippen molar-refractivity contribution < 1.29 is 18.4 Å². The van der Waals surface area contributed by atoms with Gasteiger partial charge < -0.3 is 19.5 Å². The van der Waals surface area contributed by atoms with E-state index >= 15 is 0 Å². The minimum Gasteiger partial charge on any atom is -0.460 e. The number of rotatable bonds is 7. The van der Waals surface area contributed by atoms with Crippen LogP contribution in [0.2, 0.25) is 0 Å². The van der Waals surface area contributed by atoms with Crippen molar-refractivity contribution in [1.29, 1.82) is 0 Å². The van der Waals surface area contributed by atoms with Crippen molar-refractivity contribution in [3.8, 4) is 22.9 Å². The van der Waals surface area contributed by atoms with Crippen LogP contribution in [0.4, 0.5) is 0 Å². The molecule has 2 N–H and O–H groups in total. The minimum atomic E-state index is -0.354. The standard InChI is InChI=1S/C33H28N4O4/c1-19(35-33(39)25-17-29(31-15-13-21(3)41-31)37-27-11-7-5-9-23(25)27)18-34-32(38)24-16-28(30-14-12-20(2)40-30)36-26-10-6-4-8-22(24)26/h4-17,19H,18H2,1-3H3,(H,34,38)(H,35,39). The largest absolute Gasteiger partial charge is 0.460 e. The van der Waals surface area contributed by atoms with Gasteiger partial charge in [0.05, 0.1) is 22.2 Å². The number of nitrogens with one attached hydrogen (secondary N) is 2. The fraction of sp³-hybridized carbons (Fsp3) is 0.152. The maximum Gasteiger partial charge on any atom is 0.252 e. The van der Waals surface area contributed by atoms with Crippen LogP contribution in [0, 0.1) is 13.8 Å². The van der Waals surface area contributed by atoms with Crippen LogP contribution in [-0.2, 0) is 0 Å². The maximum absolute atomic E-state index is 13.4. The van der Waals surface area contributed by atoms with Crippen LogP contribution in [0.1, 0.15) is 39.2 Å². The summed E-state index contributed by atoms with van der Waals surface area (Å²) in [5.41, 5.74) is 3.51. The van der Waals surface area contributed by atoms with Gasteiger partial charge >= 0.3 is 0 Å². The van der Waals surface area contributed by atoms with Gasteiger partial charge in [0.25, 0.3) is 11.8 Å². The molecule has 4 heterocycles. The van der Waals surface area contributed by atoms with E-state index in [2.05, 4.69) is 20.6 Å². The molecule has 4 aromatic heterocycles. The summed E-state index contributed by atoms with van der Waals surface area (Å²) in [5, 5.41) is 7.45. The Labute approximate surface area is 236 Å². The van der Waals surface area contributed by atoms with Gasteiger partial charge in [0, 0.05) is 23.4 Å². The highest BCUT2D eigenvalue weighted by Crippen LogP contribution is 2.28. The second kappa shape index (κ2) is 10.7. The highest BCUT2D eigenvalue weighted by atomic mass is 16.3. The summed E-state index contributed by atoms with van der Waals surface area (Å²) >= 11 is 0. The maximum atomic E-state index is 13.4. The molecule has 0 fully saturated rings. The predicted octanol–water partition coefficient (Wildman–Crippen LogP) is 6.47. The SMILES string of the molecule is Cc1ccc(-c2cc(C(=O)NCC(C)NC(=O)c3cc(-c4ccc(C)o4)nc4ccccc34)c3ccccc3n2)o1. The molecule has 204 valence electrons. The molecule has 2 aromatic carbocycles. The monoisotopic (exact) mass is 544 g/mol. The number of nitrogens with zero attached hydrogens (tertiary/aromatic N) is 2. The number of fused-ring (bicyclic) bond motifs is 2. The Kier molecular flexibility index (Phi) is 6.81. The van der Waals surface area contributed by atoms with Crippen molar-refractivity contribution in [2.75, 3.05) is 6.54 Å². The molecule has 41 heavy (non-hydrogen) atoms. The second-order valence-corrected chi connectivity index (χ2v) is 10.0. The van der Waals surface area contributed by atoms with Gasteiger partial charge in [-0.1, -0.05) is 36.4 Å². The van der Waals surface area contributed by atoms with Crippen LogP contribution in [0.15, 0.2) is 93.8 Å². The summed E-state index contributed by atoms with van der Waals surface area (Å²) in [4.78, 5) is 36.2. The number of aryl methyl sites for hydroxylation is 2. The van der Waals surface area contributed by atoms with E-state index in [9.17, 15) is 9.59 Å². The zero-order valence-corrected chi connectivity index (χ0v) is 22.9. The van der Waals surface area contributed by atoms with E-state index in [1.807, 2.05) is 93.6 Å². The first-order chi connectivity index (χ1) is 19.9. The van der Waals surface area contributed by atoms with E-state index < -0.39 is 0 Å². The van der Waals surface area contributed by atoms with Gasteiger partial charge in [-0.05, 0) is 69.3 Å². The average Bonchev–Trinajstić information content (AvgIpc) is 3.62. The predicted molar refractivity (Wildman–Crippen MR) is 158 cm³/mol. The molecule has 0 saturated heterocycles. The van der Waals surface area contributed by atoms with Gasteiger partial charge in [-0.25, -0.2) is 9.97 Å². The molecule has 1 atom stereocenters. The molecule has 0 aliphatic heterocycles. The lowest BCUT2D eigenvalue weighted by Crippen LogP contribution is -2.42. The lowest BCUT2D eigenvalue weighted by molar-refractivity contribution is 0.0914. The van der Waals surface area contributed by atoms with Crippen molar-refractivity contribution in [2.45, 2.75) is 26.8 Å². The Morgan fingerprint density at radius 3 is 1.68 bits per heavy atom. The first-order valence-electron chi connectivity index (χ1n) is 13.4. The number of hydrogen-bond donors (Lipinski definition) is 2. The number of benzene rings is 2. The third kappa shape index (κ3) is 5.32. The smallest absolute Gasteiger partial charge is 0.252 e. The van der Waals surface area contributed by atoms with E-state index in [0.717, 1.165) is 22.3 Å². The normalized spacial score (nSPS) is 12.0. The first-order valence-corrected chi connectivity index (χ1v) is 13.4. The van der Waals surface area contributed by atoms with Crippen molar-refractivity contribution in [3.63, 3.8) is 0 Å². The molecule has 0 aliphatic carbocycles. The Morgan fingerprint density at radius 1 is 0.707 bits per heavy atom. The van der Waals surface area contributed by atoms with Crippen LogP contribution in [0.3, 0.4) is 0 Å². The van der Waals surface area contributed by atoms with Crippen molar-refractivity contribution >= 4 is 33.6 Å². The summed E-state index contributed by atoms with van der Waals surface area (Å²) in [6.07, 6.45) is 0. The molecule has 0 saturated carbocycles. The Bertz CT molecular complexity index is 1920. The van der Waals surface area contributed by atoms with Gasteiger partial charge in [0.2, 0.25) is 0 Å². The van der Waals surface area contributed by atoms with Gasteiger partial charge in [-0.2, -0.15) is 0 Å². The van der Waals surface area contributed by atoms with E-state index in [0.29, 0.717) is 45.1 Å². The number of hydrogen-bond acceptors (Lipinski definition) is 6. The zero-order chi connectivity index (χ0) is 28.5. The number of carbonyl (C=O) groups is 2. The number of carbonyl (C=O) groups excluding carboxylic acids is 2. The molecule has 2 amide bonds. The molecule has 0 aliphatic rings. The van der Waals surface area contributed by atoms with Crippen LogP contribution in [0.5, 0.6) is 0 Å². The third-order valence-corrected chi connectivity index (χ3v) is 6.85. The summed E-state index contributed by atoms with van der Waals surface area (Å²) in [6.45, 7) is 5.80. The zero-order valence-electron chi connectivity index (χ0n) is 22.9. The minimum absolute atomic E-state index is 0.226. The Hall–Kier alpha value is -5.24. The second-order valence-electron chi connectivity index (χ2n) is 10.0. The quantitative estimate of drug-likeness (QED) is 0.238. The molecular formula is C33H28N4O4. The number of para-hydroxylation sites is 2. The number of amides is 2. The highest BCUT2D eigenvalue weighted by Gasteiger charge is 2.19. The number of furan rings is 2. The molecule has 0 spiro atoms.